The number of hydrogen-bond acceptors (Lipinski definition) is 5. The van der Waals surface area contributed by atoms with E-state index in [-0.39, 0.29) is 0 Å². The maximum Gasteiger partial charge on any atom is 0.292 e. The molecular formula is C18H20N3O2S2+. The van der Waals surface area contributed by atoms with Crippen molar-refractivity contribution in [3.05, 3.63) is 51.0 Å². The van der Waals surface area contributed by atoms with Gasteiger partial charge in [0.15, 0.2) is 6.67 Å². The molecule has 1 aliphatic heterocycles. The van der Waals surface area contributed by atoms with Crippen LogP contribution >= 0.6 is 23.6 Å². The van der Waals surface area contributed by atoms with Crippen molar-refractivity contribution in [2.24, 2.45) is 0 Å². The molecule has 0 fully saturated rings. The van der Waals surface area contributed by atoms with Crippen molar-refractivity contribution in [1.29, 1.82) is 0 Å². The predicted octanol–water partition coefficient (Wildman–Crippen LogP) is 3.10. The minimum absolute atomic E-state index is 0.418. The van der Waals surface area contributed by atoms with Gasteiger partial charge in [-0.2, -0.15) is 4.68 Å². The molecule has 1 unspecified atom stereocenters. The topological polar surface area (TPSA) is 44.6 Å². The summed E-state index contributed by atoms with van der Waals surface area (Å²) in [5, 5.41) is 6.78. The first kappa shape index (κ1) is 16.5. The molecule has 1 N–H and O–H groups in total. The lowest BCUT2D eigenvalue weighted by Crippen LogP contribution is -3.12. The fourth-order valence-electron chi connectivity index (χ4n) is 3.31. The highest BCUT2D eigenvalue weighted by Gasteiger charge is 2.29. The summed E-state index contributed by atoms with van der Waals surface area (Å²) in [6.45, 7) is 4.07. The van der Waals surface area contributed by atoms with Crippen LogP contribution in [0.4, 0.5) is 0 Å². The number of ether oxygens (including phenoxy) is 1. The summed E-state index contributed by atoms with van der Waals surface area (Å²) in [7, 11) is 1.65. The average molecular weight is 375 g/mol. The molecule has 130 valence electrons. The van der Waals surface area contributed by atoms with Gasteiger partial charge in [0.2, 0.25) is 5.89 Å². The van der Waals surface area contributed by atoms with Crippen LogP contribution in [0.2, 0.25) is 0 Å². The number of benzene rings is 1. The zero-order valence-electron chi connectivity index (χ0n) is 14.2. The van der Waals surface area contributed by atoms with Crippen molar-refractivity contribution in [2.45, 2.75) is 26.1 Å². The molecule has 1 aromatic carbocycles. The number of fused-ring (bicyclic) bond motifs is 1. The molecule has 0 amide bonds. The zero-order chi connectivity index (χ0) is 17.4. The van der Waals surface area contributed by atoms with Crippen molar-refractivity contribution < 1.29 is 14.1 Å². The Kier molecular flexibility index (Phi) is 4.45. The maximum atomic E-state index is 5.72. The third kappa shape index (κ3) is 3.15. The lowest BCUT2D eigenvalue weighted by Gasteiger charge is -2.29. The molecule has 3 heterocycles. The van der Waals surface area contributed by atoms with Crippen molar-refractivity contribution >= 4 is 23.6 Å². The van der Waals surface area contributed by atoms with Gasteiger partial charge in [0.25, 0.3) is 4.84 Å². The van der Waals surface area contributed by atoms with Gasteiger partial charge in [-0.25, -0.2) is 0 Å². The van der Waals surface area contributed by atoms with Crippen molar-refractivity contribution in [3.63, 3.8) is 0 Å². The monoisotopic (exact) mass is 374 g/mol. The SMILES string of the molecule is COc1ccc(-c2nn(C[NH+]3CCc4sccc4[C@@H]3C)c(=S)o2)cc1. The fraction of sp³-hybridized carbons (Fsp3) is 0.333. The summed E-state index contributed by atoms with van der Waals surface area (Å²) < 4.78 is 12.7. The smallest absolute Gasteiger partial charge is 0.292 e. The standard InChI is InChI=1S/C18H19N3O2S2/c1-12-15-8-10-25-16(15)7-9-20(12)11-21-18(24)23-17(19-21)13-3-5-14(22-2)6-4-13/h3-6,8,10,12H,7,9,11H2,1-2H3/p+1/t12-/m0/s1. The molecule has 5 nitrogen and oxygen atoms in total. The summed E-state index contributed by atoms with van der Waals surface area (Å²) >= 11 is 7.25. The maximum absolute atomic E-state index is 5.72. The summed E-state index contributed by atoms with van der Waals surface area (Å²) in [5.41, 5.74) is 2.35. The van der Waals surface area contributed by atoms with Crippen LogP contribution in [0.15, 0.2) is 40.1 Å². The molecule has 0 bridgehead atoms. The van der Waals surface area contributed by atoms with Crippen LogP contribution < -0.4 is 9.64 Å². The number of aromatic nitrogens is 2. The Morgan fingerprint density at radius 3 is 2.92 bits per heavy atom. The molecule has 0 saturated carbocycles. The average Bonchev–Trinajstić information content (AvgIpc) is 3.25. The van der Waals surface area contributed by atoms with Gasteiger partial charge in [-0.05, 0) is 54.9 Å². The quantitative estimate of drug-likeness (QED) is 0.713. The number of nitrogens with one attached hydrogen (secondary N) is 1. The van der Waals surface area contributed by atoms with Crippen LogP contribution in [-0.2, 0) is 13.1 Å². The van der Waals surface area contributed by atoms with Gasteiger partial charge < -0.3 is 14.1 Å². The highest BCUT2D eigenvalue weighted by molar-refractivity contribution is 7.71. The van der Waals surface area contributed by atoms with Crippen molar-refractivity contribution in [1.82, 2.24) is 9.78 Å². The van der Waals surface area contributed by atoms with E-state index in [9.17, 15) is 0 Å². The van der Waals surface area contributed by atoms with E-state index in [2.05, 4.69) is 23.5 Å². The lowest BCUT2D eigenvalue weighted by atomic mass is 10.0. The van der Waals surface area contributed by atoms with Crippen LogP contribution in [0.1, 0.15) is 23.4 Å². The first-order chi connectivity index (χ1) is 12.2. The number of hydrogen-bond donors (Lipinski definition) is 1. The number of nitrogens with zero attached hydrogens (tertiary/aromatic N) is 2. The molecule has 25 heavy (non-hydrogen) atoms. The Balaban J connectivity index is 1.56. The summed E-state index contributed by atoms with van der Waals surface area (Å²) in [6.07, 6.45) is 1.11. The molecule has 4 rings (SSSR count). The van der Waals surface area contributed by atoms with Crippen LogP contribution in [0, 0.1) is 4.84 Å². The van der Waals surface area contributed by atoms with Gasteiger partial charge in [0, 0.05) is 22.4 Å². The fourth-order valence-corrected chi connectivity index (χ4v) is 4.48. The van der Waals surface area contributed by atoms with Gasteiger partial charge in [-0.3, -0.25) is 0 Å². The normalized spacial score (nSPS) is 19.6. The highest BCUT2D eigenvalue weighted by Crippen LogP contribution is 2.25. The first-order valence-electron chi connectivity index (χ1n) is 8.29. The summed E-state index contributed by atoms with van der Waals surface area (Å²) in [5.74, 6) is 1.35. The second-order valence-corrected chi connectivity index (χ2v) is 7.59. The minimum atomic E-state index is 0.418. The van der Waals surface area contributed by atoms with E-state index < -0.39 is 0 Å². The largest absolute Gasteiger partial charge is 0.497 e. The Labute approximate surface area is 155 Å². The van der Waals surface area contributed by atoms with E-state index in [1.54, 1.807) is 11.8 Å². The second-order valence-electron chi connectivity index (χ2n) is 6.24. The first-order valence-corrected chi connectivity index (χ1v) is 9.57. The van der Waals surface area contributed by atoms with E-state index in [1.807, 2.05) is 35.6 Å². The predicted molar refractivity (Wildman–Crippen MR) is 99.6 cm³/mol. The van der Waals surface area contributed by atoms with Gasteiger partial charge in [0.05, 0.1) is 13.7 Å². The van der Waals surface area contributed by atoms with Gasteiger partial charge in [0.1, 0.15) is 11.8 Å². The lowest BCUT2D eigenvalue weighted by molar-refractivity contribution is -0.954. The van der Waals surface area contributed by atoms with Gasteiger partial charge in [-0.1, -0.05) is 0 Å². The van der Waals surface area contributed by atoms with Crippen LogP contribution in [0.3, 0.4) is 0 Å². The summed E-state index contributed by atoms with van der Waals surface area (Å²) in [4.78, 5) is 3.39. The second kappa shape index (κ2) is 6.74. The van der Waals surface area contributed by atoms with E-state index in [4.69, 9.17) is 21.4 Å². The van der Waals surface area contributed by atoms with Gasteiger partial charge >= 0.3 is 0 Å². The number of quaternary nitrogens is 1. The molecule has 2 atom stereocenters. The van der Waals surface area contributed by atoms with E-state index in [0.29, 0.717) is 16.8 Å². The molecule has 2 aromatic heterocycles. The van der Waals surface area contributed by atoms with Crippen molar-refractivity contribution in [2.75, 3.05) is 13.7 Å². The Morgan fingerprint density at radius 2 is 2.16 bits per heavy atom. The molecule has 0 saturated heterocycles. The van der Waals surface area contributed by atoms with Crippen LogP contribution in [-0.4, -0.2) is 23.4 Å². The molecule has 0 aliphatic carbocycles. The van der Waals surface area contributed by atoms with E-state index in [1.165, 1.54) is 15.3 Å². The summed E-state index contributed by atoms with van der Waals surface area (Å²) in [6, 6.07) is 10.3. The number of methoxy groups -OCH3 is 1. The highest BCUT2D eigenvalue weighted by atomic mass is 32.1. The van der Waals surface area contributed by atoms with Gasteiger partial charge in [-0.15, -0.1) is 16.4 Å². The third-order valence-corrected chi connectivity index (χ3v) is 6.12. The van der Waals surface area contributed by atoms with E-state index >= 15 is 0 Å². The number of thiophene rings is 1. The zero-order valence-corrected chi connectivity index (χ0v) is 15.8. The molecular weight excluding hydrogens is 354 g/mol. The van der Waals surface area contributed by atoms with E-state index in [0.717, 1.165) is 30.9 Å². The molecule has 0 spiro atoms. The number of rotatable bonds is 4. The Hall–Kier alpha value is -1.96. The third-order valence-electron chi connectivity index (χ3n) is 4.83. The van der Waals surface area contributed by atoms with Crippen LogP contribution in [0.25, 0.3) is 11.5 Å². The minimum Gasteiger partial charge on any atom is -0.497 e. The molecule has 3 aromatic rings. The molecule has 0 radical (unpaired) electrons. The van der Waals surface area contributed by atoms with Crippen LogP contribution in [0.5, 0.6) is 5.75 Å². The Morgan fingerprint density at radius 1 is 1.36 bits per heavy atom. The molecule has 1 aliphatic rings. The van der Waals surface area contributed by atoms with Crippen molar-refractivity contribution in [3.8, 4) is 17.2 Å². The Bertz CT molecular complexity index is 926. The molecule has 7 heteroatoms.